The largest absolute Gasteiger partial charge is 0.459 e. The second-order valence-electron chi connectivity index (χ2n) is 3.11. The lowest BCUT2D eigenvalue weighted by Crippen LogP contribution is -2.11. The van der Waals surface area contributed by atoms with E-state index in [0.29, 0.717) is 5.56 Å². The predicted molar refractivity (Wildman–Crippen MR) is 72.4 cm³/mol. The molecular formula is C10H10I2O2. The first kappa shape index (κ1) is 12.2. The van der Waals surface area contributed by atoms with Gasteiger partial charge in [0.1, 0.15) is 0 Å². The maximum Gasteiger partial charge on any atom is 0.338 e. The third-order valence-electron chi connectivity index (χ3n) is 1.44. The number of rotatable bonds is 2. The van der Waals surface area contributed by atoms with Crippen molar-refractivity contribution in [2.45, 2.75) is 20.0 Å². The predicted octanol–water partition coefficient (Wildman–Crippen LogP) is 3.46. The van der Waals surface area contributed by atoms with E-state index >= 15 is 0 Å². The van der Waals surface area contributed by atoms with Crippen LogP contribution < -0.4 is 0 Å². The van der Waals surface area contributed by atoms with Crippen LogP contribution in [-0.4, -0.2) is 12.1 Å². The van der Waals surface area contributed by atoms with Crippen molar-refractivity contribution in [1.29, 1.82) is 0 Å². The Hall–Kier alpha value is 0.150. The highest BCUT2D eigenvalue weighted by atomic mass is 127. The van der Waals surface area contributed by atoms with E-state index in [0.717, 1.165) is 7.14 Å². The second-order valence-corrected chi connectivity index (χ2v) is 5.60. The van der Waals surface area contributed by atoms with Crippen molar-refractivity contribution < 1.29 is 9.53 Å². The van der Waals surface area contributed by atoms with Gasteiger partial charge in [-0.1, -0.05) is 0 Å². The number of carbonyl (C=O) groups excluding carboxylic acids is 1. The summed E-state index contributed by atoms with van der Waals surface area (Å²) in [5, 5.41) is 0. The molecular weight excluding hydrogens is 406 g/mol. The monoisotopic (exact) mass is 416 g/mol. The molecule has 0 aliphatic rings. The van der Waals surface area contributed by atoms with Gasteiger partial charge in [0, 0.05) is 7.14 Å². The first-order valence-corrected chi connectivity index (χ1v) is 6.32. The van der Waals surface area contributed by atoms with E-state index in [4.69, 9.17) is 4.74 Å². The number of benzene rings is 1. The molecule has 0 aromatic heterocycles. The van der Waals surface area contributed by atoms with Gasteiger partial charge < -0.3 is 4.74 Å². The summed E-state index contributed by atoms with van der Waals surface area (Å²) >= 11 is 4.37. The SMILES string of the molecule is CC(C)OC(=O)c1cc(I)cc(I)c1. The van der Waals surface area contributed by atoms with Gasteiger partial charge in [0.2, 0.25) is 0 Å². The zero-order valence-corrected chi connectivity index (χ0v) is 12.2. The summed E-state index contributed by atoms with van der Waals surface area (Å²) in [5.41, 5.74) is 0.620. The number of ether oxygens (including phenoxy) is 1. The van der Waals surface area contributed by atoms with Gasteiger partial charge in [0.25, 0.3) is 0 Å². The van der Waals surface area contributed by atoms with E-state index in [1.807, 2.05) is 32.0 Å². The molecule has 1 rings (SSSR count). The highest BCUT2D eigenvalue weighted by Gasteiger charge is 2.10. The molecule has 0 heterocycles. The lowest BCUT2D eigenvalue weighted by Gasteiger charge is -2.08. The van der Waals surface area contributed by atoms with E-state index < -0.39 is 0 Å². The van der Waals surface area contributed by atoms with Crippen LogP contribution in [0.3, 0.4) is 0 Å². The van der Waals surface area contributed by atoms with Gasteiger partial charge >= 0.3 is 5.97 Å². The van der Waals surface area contributed by atoms with Crippen LogP contribution in [-0.2, 0) is 4.74 Å². The second kappa shape index (κ2) is 5.29. The molecule has 0 bridgehead atoms. The van der Waals surface area contributed by atoms with Crippen molar-refractivity contribution in [3.63, 3.8) is 0 Å². The van der Waals surface area contributed by atoms with Crippen molar-refractivity contribution in [3.05, 3.63) is 30.9 Å². The van der Waals surface area contributed by atoms with Crippen molar-refractivity contribution in [3.8, 4) is 0 Å². The molecule has 0 aliphatic heterocycles. The third-order valence-corrected chi connectivity index (χ3v) is 2.69. The molecule has 0 aliphatic carbocycles. The van der Waals surface area contributed by atoms with Crippen LogP contribution in [0, 0.1) is 7.14 Å². The van der Waals surface area contributed by atoms with E-state index in [2.05, 4.69) is 45.2 Å². The zero-order valence-electron chi connectivity index (χ0n) is 7.88. The Balaban J connectivity index is 2.90. The van der Waals surface area contributed by atoms with E-state index in [-0.39, 0.29) is 12.1 Å². The fraction of sp³-hybridized carbons (Fsp3) is 0.300. The Bertz CT molecular complexity index is 328. The molecule has 1 aromatic carbocycles. The molecule has 0 radical (unpaired) electrons. The summed E-state index contributed by atoms with van der Waals surface area (Å²) in [7, 11) is 0. The highest BCUT2D eigenvalue weighted by molar-refractivity contribution is 14.1. The molecule has 0 amide bonds. The van der Waals surface area contributed by atoms with Gasteiger partial charge in [-0.25, -0.2) is 4.79 Å². The van der Waals surface area contributed by atoms with Crippen LogP contribution >= 0.6 is 45.2 Å². The Labute approximate surface area is 111 Å². The summed E-state index contributed by atoms with van der Waals surface area (Å²) in [6, 6.07) is 5.66. The van der Waals surface area contributed by atoms with Crippen LogP contribution in [0.5, 0.6) is 0 Å². The van der Waals surface area contributed by atoms with Crippen LogP contribution in [0.25, 0.3) is 0 Å². The van der Waals surface area contributed by atoms with E-state index in [1.54, 1.807) is 0 Å². The Kier molecular flexibility index (Phi) is 4.62. The summed E-state index contributed by atoms with van der Waals surface area (Å²) in [6.07, 6.45) is -0.0713. The highest BCUT2D eigenvalue weighted by Crippen LogP contribution is 2.15. The average molecular weight is 416 g/mol. The molecule has 0 atom stereocenters. The van der Waals surface area contributed by atoms with Gasteiger partial charge in [0.05, 0.1) is 11.7 Å². The Morgan fingerprint density at radius 1 is 1.21 bits per heavy atom. The van der Waals surface area contributed by atoms with E-state index in [9.17, 15) is 4.79 Å². The zero-order chi connectivity index (χ0) is 10.7. The molecule has 1 aromatic rings. The van der Waals surface area contributed by atoms with Crippen LogP contribution in [0.1, 0.15) is 24.2 Å². The molecule has 14 heavy (non-hydrogen) atoms. The van der Waals surface area contributed by atoms with Gasteiger partial charge in [-0.2, -0.15) is 0 Å². The molecule has 4 heteroatoms. The molecule has 0 unspecified atom stereocenters. The van der Waals surface area contributed by atoms with Crippen molar-refractivity contribution >= 4 is 51.2 Å². The van der Waals surface area contributed by atoms with Crippen molar-refractivity contribution in [2.24, 2.45) is 0 Å². The Morgan fingerprint density at radius 3 is 2.14 bits per heavy atom. The number of hydrogen-bond acceptors (Lipinski definition) is 2. The molecule has 0 spiro atoms. The van der Waals surface area contributed by atoms with Gasteiger partial charge in [-0.3, -0.25) is 0 Å². The average Bonchev–Trinajstić information content (AvgIpc) is 2.00. The standard InChI is InChI=1S/C10H10I2O2/c1-6(2)14-10(13)7-3-8(11)5-9(12)4-7/h3-6H,1-2H3. The first-order chi connectivity index (χ1) is 6.49. The summed E-state index contributed by atoms with van der Waals surface area (Å²) in [6.45, 7) is 3.69. The number of hydrogen-bond donors (Lipinski definition) is 0. The number of carbonyl (C=O) groups is 1. The topological polar surface area (TPSA) is 26.3 Å². The van der Waals surface area contributed by atoms with Crippen LogP contribution in [0.2, 0.25) is 0 Å². The summed E-state index contributed by atoms with van der Waals surface area (Å²) in [4.78, 5) is 11.5. The molecule has 76 valence electrons. The van der Waals surface area contributed by atoms with Crippen molar-refractivity contribution in [1.82, 2.24) is 0 Å². The summed E-state index contributed by atoms with van der Waals surface area (Å²) < 4.78 is 7.19. The minimum absolute atomic E-state index is 0.0713. The Morgan fingerprint density at radius 2 is 1.71 bits per heavy atom. The lowest BCUT2D eigenvalue weighted by atomic mass is 10.2. The molecule has 0 saturated carbocycles. The number of halogens is 2. The van der Waals surface area contributed by atoms with Gasteiger partial charge in [-0.05, 0) is 77.2 Å². The first-order valence-electron chi connectivity index (χ1n) is 4.16. The van der Waals surface area contributed by atoms with E-state index in [1.165, 1.54) is 0 Å². The van der Waals surface area contributed by atoms with Crippen molar-refractivity contribution in [2.75, 3.05) is 0 Å². The maximum absolute atomic E-state index is 11.5. The maximum atomic E-state index is 11.5. The van der Waals surface area contributed by atoms with Crippen LogP contribution in [0.15, 0.2) is 18.2 Å². The lowest BCUT2D eigenvalue weighted by molar-refractivity contribution is 0.0377. The molecule has 0 N–H and O–H groups in total. The van der Waals surface area contributed by atoms with Gasteiger partial charge in [-0.15, -0.1) is 0 Å². The normalized spacial score (nSPS) is 10.4. The molecule has 2 nitrogen and oxygen atoms in total. The molecule has 0 fully saturated rings. The molecule has 0 saturated heterocycles. The third kappa shape index (κ3) is 3.72. The minimum atomic E-state index is -0.253. The number of esters is 1. The van der Waals surface area contributed by atoms with Gasteiger partial charge in [0.15, 0.2) is 0 Å². The van der Waals surface area contributed by atoms with Crippen LogP contribution in [0.4, 0.5) is 0 Å². The fourth-order valence-corrected chi connectivity index (χ4v) is 2.89. The minimum Gasteiger partial charge on any atom is -0.459 e. The summed E-state index contributed by atoms with van der Waals surface area (Å²) in [5.74, 6) is -0.253. The smallest absolute Gasteiger partial charge is 0.338 e. The quantitative estimate of drug-likeness (QED) is 0.546. The fourth-order valence-electron chi connectivity index (χ4n) is 0.954.